The van der Waals surface area contributed by atoms with Crippen LogP contribution in [0.2, 0.25) is 0 Å². The number of aromatic amines is 1. The molecule has 4 aromatic rings. The van der Waals surface area contributed by atoms with Gasteiger partial charge in [0.15, 0.2) is 5.82 Å². The SMILES string of the molecule is O=C(OCC1c2ccccc2-c2ccccc21)N1C[C@H](O)C[C@H]1c1nc(-c2ccccc2)n[nH]1. The Morgan fingerprint density at radius 2 is 1.62 bits per heavy atom. The summed E-state index contributed by atoms with van der Waals surface area (Å²) in [6.07, 6.45) is -0.718. The van der Waals surface area contributed by atoms with E-state index in [2.05, 4.69) is 39.4 Å². The lowest BCUT2D eigenvalue weighted by Gasteiger charge is -2.23. The summed E-state index contributed by atoms with van der Waals surface area (Å²) in [6, 6.07) is 25.7. The zero-order valence-corrected chi connectivity index (χ0v) is 18.5. The Morgan fingerprint density at radius 3 is 2.32 bits per heavy atom. The van der Waals surface area contributed by atoms with E-state index in [1.807, 2.05) is 54.6 Å². The first-order valence-electron chi connectivity index (χ1n) is 11.5. The molecule has 7 nitrogen and oxygen atoms in total. The molecule has 1 aliphatic carbocycles. The molecule has 0 saturated carbocycles. The van der Waals surface area contributed by atoms with Crippen LogP contribution in [0.5, 0.6) is 0 Å². The number of carbonyl (C=O) groups excluding carboxylic acids is 1. The van der Waals surface area contributed by atoms with Crippen molar-refractivity contribution in [2.45, 2.75) is 24.5 Å². The smallest absolute Gasteiger partial charge is 0.410 e. The average molecular weight is 453 g/mol. The Bertz CT molecular complexity index is 1290. The van der Waals surface area contributed by atoms with Gasteiger partial charge in [0, 0.05) is 17.9 Å². The van der Waals surface area contributed by atoms with Crippen molar-refractivity contribution >= 4 is 6.09 Å². The molecule has 1 fully saturated rings. The van der Waals surface area contributed by atoms with Gasteiger partial charge in [0.2, 0.25) is 0 Å². The summed E-state index contributed by atoms with van der Waals surface area (Å²) in [5.41, 5.74) is 5.58. The molecule has 1 aliphatic heterocycles. The molecule has 2 N–H and O–H groups in total. The van der Waals surface area contributed by atoms with Crippen molar-refractivity contribution in [1.82, 2.24) is 20.1 Å². The minimum absolute atomic E-state index is 0.0164. The number of carbonyl (C=O) groups is 1. The molecule has 0 bridgehead atoms. The number of benzene rings is 3. The zero-order valence-electron chi connectivity index (χ0n) is 18.5. The van der Waals surface area contributed by atoms with Crippen molar-refractivity contribution in [3.05, 3.63) is 95.8 Å². The summed E-state index contributed by atoms with van der Waals surface area (Å²) < 4.78 is 5.83. The number of amides is 1. The van der Waals surface area contributed by atoms with Crippen molar-refractivity contribution < 1.29 is 14.6 Å². The number of hydrogen-bond donors (Lipinski definition) is 2. The lowest BCUT2D eigenvalue weighted by molar-refractivity contribution is 0.0900. The maximum atomic E-state index is 13.2. The third-order valence-electron chi connectivity index (χ3n) is 6.70. The van der Waals surface area contributed by atoms with Gasteiger partial charge in [-0.3, -0.25) is 10.00 Å². The Hall–Kier alpha value is -3.97. The van der Waals surface area contributed by atoms with E-state index in [-0.39, 0.29) is 19.1 Å². The highest BCUT2D eigenvalue weighted by Crippen LogP contribution is 2.44. The monoisotopic (exact) mass is 452 g/mol. The van der Waals surface area contributed by atoms with E-state index < -0.39 is 18.2 Å². The number of aromatic nitrogens is 3. The molecule has 7 heteroatoms. The van der Waals surface area contributed by atoms with Crippen LogP contribution in [0.4, 0.5) is 4.79 Å². The van der Waals surface area contributed by atoms with Crippen molar-refractivity contribution in [2.24, 2.45) is 0 Å². The highest BCUT2D eigenvalue weighted by molar-refractivity contribution is 5.79. The summed E-state index contributed by atoms with van der Waals surface area (Å²) in [4.78, 5) is 19.3. The van der Waals surface area contributed by atoms with Crippen LogP contribution < -0.4 is 0 Å². The third kappa shape index (κ3) is 3.54. The molecule has 2 heterocycles. The van der Waals surface area contributed by atoms with Crippen LogP contribution in [0.25, 0.3) is 22.5 Å². The number of ether oxygens (including phenoxy) is 1. The van der Waals surface area contributed by atoms with Gasteiger partial charge in [0.1, 0.15) is 12.4 Å². The van der Waals surface area contributed by atoms with Gasteiger partial charge in [-0.2, -0.15) is 5.10 Å². The standard InChI is InChI=1S/C27H24N4O3/c32-18-14-24(26-28-25(29-30-26)17-8-2-1-3-9-17)31(15-18)27(33)34-16-23-21-12-6-4-10-19(21)20-11-5-7-13-22(20)23/h1-13,18,23-24,32H,14-16H2,(H,28,29,30)/t18-,24+/m1/s1. The lowest BCUT2D eigenvalue weighted by atomic mass is 9.98. The Balaban J connectivity index is 1.21. The maximum absolute atomic E-state index is 13.2. The van der Waals surface area contributed by atoms with Gasteiger partial charge >= 0.3 is 6.09 Å². The van der Waals surface area contributed by atoms with Gasteiger partial charge in [-0.05, 0) is 22.3 Å². The second kappa shape index (κ2) is 8.43. The predicted molar refractivity (Wildman–Crippen MR) is 127 cm³/mol. The van der Waals surface area contributed by atoms with Gasteiger partial charge in [0.05, 0.1) is 18.7 Å². The second-order valence-corrected chi connectivity index (χ2v) is 8.77. The first-order chi connectivity index (χ1) is 16.7. The van der Waals surface area contributed by atoms with E-state index in [4.69, 9.17) is 4.74 Å². The van der Waals surface area contributed by atoms with Crippen LogP contribution in [0.15, 0.2) is 78.9 Å². The fourth-order valence-electron chi connectivity index (χ4n) is 5.09. The van der Waals surface area contributed by atoms with Crippen molar-refractivity contribution in [3.63, 3.8) is 0 Å². The Kier molecular flexibility index (Phi) is 5.11. The van der Waals surface area contributed by atoms with Crippen LogP contribution in [0.1, 0.15) is 35.3 Å². The molecule has 1 saturated heterocycles. The molecule has 34 heavy (non-hydrogen) atoms. The van der Waals surface area contributed by atoms with Crippen LogP contribution >= 0.6 is 0 Å². The number of nitrogens with one attached hydrogen (secondary N) is 1. The highest BCUT2D eigenvalue weighted by atomic mass is 16.6. The second-order valence-electron chi connectivity index (χ2n) is 8.77. The van der Waals surface area contributed by atoms with Gasteiger partial charge in [0.25, 0.3) is 0 Å². The van der Waals surface area contributed by atoms with E-state index in [9.17, 15) is 9.90 Å². The molecule has 2 aliphatic rings. The number of fused-ring (bicyclic) bond motifs is 3. The average Bonchev–Trinajstić information content (AvgIpc) is 3.59. The van der Waals surface area contributed by atoms with Gasteiger partial charge in [-0.1, -0.05) is 78.9 Å². The molecule has 1 aromatic heterocycles. The number of rotatable bonds is 4. The molecule has 170 valence electrons. The first kappa shape index (κ1) is 20.6. The topological polar surface area (TPSA) is 91.3 Å². The summed E-state index contributed by atoms with van der Waals surface area (Å²) >= 11 is 0. The van der Waals surface area contributed by atoms with Crippen LogP contribution in [0, 0.1) is 0 Å². The van der Waals surface area contributed by atoms with E-state index in [0.717, 1.165) is 16.7 Å². The van der Waals surface area contributed by atoms with Gasteiger partial charge in [-0.15, -0.1) is 0 Å². The van der Waals surface area contributed by atoms with Crippen molar-refractivity contribution in [2.75, 3.05) is 13.2 Å². The fourth-order valence-corrected chi connectivity index (χ4v) is 5.09. The third-order valence-corrected chi connectivity index (χ3v) is 6.70. The molecule has 3 aromatic carbocycles. The number of aliphatic hydroxyl groups is 1. The fraction of sp³-hybridized carbons (Fsp3) is 0.222. The lowest BCUT2D eigenvalue weighted by Crippen LogP contribution is -2.33. The molecular weight excluding hydrogens is 428 g/mol. The van der Waals surface area contributed by atoms with Crippen LogP contribution in [0.3, 0.4) is 0 Å². The van der Waals surface area contributed by atoms with Gasteiger partial charge < -0.3 is 9.84 Å². The number of nitrogens with zero attached hydrogens (tertiary/aromatic N) is 3. The summed E-state index contributed by atoms with van der Waals surface area (Å²) in [7, 11) is 0. The minimum atomic E-state index is -0.643. The normalized spacial score (nSPS) is 19.1. The van der Waals surface area contributed by atoms with Crippen molar-refractivity contribution in [1.29, 1.82) is 0 Å². The summed E-state index contributed by atoms with van der Waals surface area (Å²) in [5, 5.41) is 17.6. The molecule has 0 spiro atoms. The van der Waals surface area contributed by atoms with E-state index >= 15 is 0 Å². The van der Waals surface area contributed by atoms with E-state index in [0.29, 0.717) is 18.1 Å². The van der Waals surface area contributed by atoms with Crippen molar-refractivity contribution in [3.8, 4) is 22.5 Å². The minimum Gasteiger partial charge on any atom is -0.448 e. The van der Waals surface area contributed by atoms with E-state index in [1.54, 1.807) is 4.90 Å². The number of H-pyrrole nitrogens is 1. The van der Waals surface area contributed by atoms with Gasteiger partial charge in [-0.25, -0.2) is 9.78 Å². The highest BCUT2D eigenvalue weighted by Gasteiger charge is 2.39. The summed E-state index contributed by atoms with van der Waals surface area (Å²) in [5.74, 6) is 1.09. The quantitative estimate of drug-likeness (QED) is 0.475. The number of aliphatic hydroxyl groups excluding tert-OH is 1. The molecule has 0 unspecified atom stereocenters. The van der Waals surface area contributed by atoms with Crippen LogP contribution in [-0.2, 0) is 4.74 Å². The molecule has 1 amide bonds. The number of likely N-dealkylation sites (tertiary alicyclic amines) is 1. The molecule has 2 atom stereocenters. The van der Waals surface area contributed by atoms with Crippen LogP contribution in [-0.4, -0.2) is 50.5 Å². The molecule has 6 rings (SSSR count). The zero-order chi connectivity index (χ0) is 23.1. The Morgan fingerprint density at radius 1 is 0.971 bits per heavy atom. The predicted octanol–water partition coefficient (Wildman–Crippen LogP) is 4.53. The van der Waals surface area contributed by atoms with E-state index in [1.165, 1.54) is 11.1 Å². The first-order valence-corrected chi connectivity index (χ1v) is 11.5. The number of β-amino-alcohol motifs (C(OH)–C–C–N with tert-alkyl or cyclic N) is 1. The Labute approximate surface area is 197 Å². The summed E-state index contributed by atoms with van der Waals surface area (Å²) in [6.45, 7) is 0.431. The number of hydrogen-bond acceptors (Lipinski definition) is 5. The molecule has 0 radical (unpaired) electrons. The maximum Gasteiger partial charge on any atom is 0.410 e. The molecular formula is C27H24N4O3. The largest absolute Gasteiger partial charge is 0.448 e.